The molecule has 1 heterocycles. The Morgan fingerprint density at radius 2 is 2.00 bits per heavy atom. The standard InChI is InChI=1S/C16H14BrFN2O/c17-13-8-11(18)3-4-12(13)16(19)10-1-5-14-9(7-10)2-6-15(21)20-14/h1,3-5,7-8,16H,2,6,19H2,(H,20,21). The average Bonchev–Trinajstić information content (AvgIpc) is 2.46. The second-order valence-electron chi connectivity index (χ2n) is 5.11. The third-order valence-corrected chi connectivity index (χ3v) is 4.37. The van der Waals surface area contributed by atoms with Crippen LogP contribution in [-0.4, -0.2) is 5.91 Å². The van der Waals surface area contributed by atoms with Crippen LogP contribution in [0.1, 0.15) is 29.2 Å². The number of aryl methyl sites for hydroxylation is 1. The molecule has 2 aromatic carbocycles. The van der Waals surface area contributed by atoms with Crippen molar-refractivity contribution < 1.29 is 9.18 Å². The zero-order valence-corrected chi connectivity index (χ0v) is 12.8. The van der Waals surface area contributed by atoms with Crippen LogP contribution in [0.2, 0.25) is 0 Å². The molecule has 1 aliphatic rings. The number of nitrogens with two attached hydrogens (primary N) is 1. The van der Waals surface area contributed by atoms with Gasteiger partial charge in [-0.15, -0.1) is 0 Å². The van der Waals surface area contributed by atoms with E-state index in [0.717, 1.165) is 22.4 Å². The maximum atomic E-state index is 13.2. The first-order chi connectivity index (χ1) is 10.0. The summed E-state index contributed by atoms with van der Waals surface area (Å²) in [6.07, 6.45) is 1.21. The maximum Gasteiger partial charge on any atom is 0.224 e. The monoisotopic (exact) mass is 348 g/mol. The Morgan fingerprint density at radius 1 is 1.19 bits per heavy atom. The molecule has 21 heavy (non-hydrogen) atoms. The average molecular weight is 349 g/mol. The summed E-state index contributed by atoms with van der Waals surface area (Å²) in [6, 6.07) is 9.93. The minimum atomic E-state index is -0.345. The molecule has 0 radical (unpaired) electrons. The number of amides is 1. The van der Waals surface area contributed by atoms with E-state index in [4.69, 9.17) is 5.73 Å². The van der Waals surface area contributed by atoms with E-state index in [1.54, 1.807) is 6.07 Å². The van der Waals surface area contributed by atoms with Crippen molar-refractivity contribution in [3.63, 3.8) is 0 Å². The topological polar surface area (TPSA) is 55.1 Å². The van der Waals surface area contributed by atoms with Crippen molar-refractivity contribution in [2.75, 3.05) is 5.32 Å². The molecule has 1 unspecified atom stereocenters. The van der Waals surface area contributed by atoms with Crippen LogP contribution in [0, 0.1) is 5.82 Å². The zero-order chi connectivity index (χ0) is 15.0. The molecular formula is C16H14BrFN2O. The highest BCUT2D eigenvalue weighted by atomic mass is 79.9. The SMILES string of the molecule is NC(c1ccc2c(c1)CCC(=O)N2)c1ccc(F)cc1Br. The molecule has 0 aliphatic carbocycles. The number of nitrogens with one attached hydrogen (secondary N) is 1. The number of fused-ring (bicyclic) bond motifs is 1. The van der Waals surface area contributed by atoms with E-state index in [2.05, 4.69) is 21.2 Å². The fraction of sp³-hybridized carbons (Fsp3) is 0.188. The number of anilines is 1. The van der Waals surface area contributed by atoms with Gasteiger partial charge in [-0.05, 0) is 41.3 Å². The second-order valence-corrected chi connectivity index (χ2v) is 5.96. The number of hydrogen-bond acceptors (Lipinski definition) is 2. The molecule has 0 aromatic heterocycles. The van der Waals surface area contributed by atoms with Gasteiger partial charge in [-0.1, -0.05) is 34.1 Å². The van der Waals surface area contributed by atoms with E-state index >= 15 is 0 Å². The molecular weight excluding hydrogens is 335 g/mol. The van der Waals surface area contributed by atoms with E-state index in [-0.39, 0.29) is 17.8 Å². The largest absolute Gasteiger partial charge is 0.326 e. The van der Waals surface area contributed by atoms with Gasteiger partial charge in [-0.2, -0.15) is 0 Å². The van der Waals surface area contributed by atoms with Crippen LogP contribution < -0.4 is 11.1 Å². The van der Waals surface area contributed by atoms with Crippen molar-refractivity contribution >= 4 is 27.5 Å². The lowest BCUT2D eigenvalue weighted by atomic mass is 9.94. The summed E-state index contributed by atoms with van der Waals surface area (Å²) in [4.78, 5) is 11.4. The van der Waals surface area contributed by atoms with Gasteiger partial charge in [0.25, 0.3) is 0 Å². The van der Waals surface area contributed by atoms with Crippen LogP contribution >= 0.6 is 15.9 Å². The molecule has 0 saturated carbocycles. The highest BCUT2D eigenvalue weighted by molar-refractivity contribution is 9.10. The summed E-state index contributed by atoms with van der Waals surface area (Å²) in [7, 11) is 0. The quantitative estimate of drug-likeness (QED) is 0.872. The minimum Gasteiger partial charge on any atom is -0.326 e. The summed E-state index contributed by atoms with van der Waals surface area (Å²) < 4.78 is 13.8. The number of halogens is 2. The molecule has 3 rings (SSSR count). The summed E-state index contributed by atoms with van der Waals surface area (Å²) in [5.41, 5.74) is 9.99. The minimum absolute atomic E-state index is 0.0424. The maximum absolute atomic E-state index is 13.2. The van der Waals surface area contributed by atoms with Gasteiger partial charge in [0.1, 0.15) is 5.82 Å². The Bertz CT molecular complexity index is 717. The smallest absolute Gasteiger partial charge is 0.224 e. The van der Waals surface area contributed by atoms with E-state index in [0.29, 0.717) is 17.3 Å². The molecule has 1 aliphatic heterocycles. The Hall–Kier alpha value is -1.72. The van der Waals surface area contributed by atoms with Crippen LogP contribution in [0.15, 0.2) is 40.9 Å². The zero-order valence-electron chi connectivity index (χ0n) is 11.2. The van der Waals surface area contributed by atoms with E-state index in [1.807, 2.05) is 18.2 Å². The fourth-order valence-corrected chi connectivity index (χ4v) is 3.13. The lowest BCUT2D eigenvalue weighted by Gasteiger charge is -2.20. The van der Waals surface area contributed by atoms with E-state index in [9.17, 15) is 9.18 Å². The normalized spacial score (nSPS) is 15.3. The highest BCUT2D eigenvalue weighted by Crippen LogP contribution is 2.31. The highest BCUT2D eigenvalue weighted by Gasteiger charge is 2.18. The van der Waals surface area contributed by atoms with Gasteiger partial charge in [0, 0.05) is 16.6 Å². The van der Waals surface area contributed by atoms with E-state index < -0.39 is 0 Å². The number of carbonyl (C=O) groups excluding carboxylic acids is 1. The number of benzene rings is 2. The summed E-state index contributed by atoms with van der Waals surface area (Å²) >= 11 is 3.35. The first-order valence-electron chi connectivity index (χ1n) is 6.68. The number of rotatable bonds is 2. The van der Waals surface area contributed by atoms with Crippen LogP contribution in [0.4, 0.5) is 10.1 Å². The van der Waals surface area contributed by atoms with Gasteiger partial charge in [-0.3, -0.25) is 4.79 Å². The molecule has 0 saturated heterocycles. The van der Waals surface area contributed by atoms with E-state index in [1.165, 1.54) is 12.1 Å². The van der Waals surface area contributed by atoms with Gasteiger partial charge in [0.15, 0.2) is 0 Å². The van der Waals surface area contributed by atoms with Gasteiger partial charge in [-0.25, -0.2) is 4.39 Å². The predicted molar refractivity (Wildman–Crippen MR) is 83.5 cm³/mol. The molecule has 1 atom stereocenters. The third-order valence-electron chi connectivity index (χ3n) is 3.68. The number of hydrogen-bond donors (Lipinski definition) is 2. The van der Waals surface area contributed by atoms with Gasteiger partial charge in [0.05, 0.1) is 6.04 Å². The first-order valence-corrected chi connectivity index (χ1v) is 7.47. The molecule has 1 amide bonds. The van der Waals surface area contributed by atoms with Crippen LogP contribution in [0.3, 0.4) is 0 Å². The Balaban J connectivity index is 1.95. The molecule has 2 aromatic rings. The van der Waals surface area contributed by atoms with Crippen molar-refractivity contribution in [2.45, 2.75) is 18.9 Å². The van der Waals surface area contributed by atoms with Crippen LogP contribution in [0.5, 0.6) is 0 Å². The van der Waals surface area contributed by atoms with Crippen molar-refractivity contribution in [3.8, 4) is 0 Å². The number of carbonyl (C=O) groups is 1. The molecule has 3 nitrogen and oxygen atoms in total. The molecule has 0 bridgehead atoms. The molecule has 0 fully saturated rings. The Kier molecular flexibility index (Phi) is 3.78. The van der Waals surface area contributed by atoms with Gasteiger partial charge in [0.2, 0.25) is 5.91 Å². The third kappa shape index (κ3) is 2.84. The lowest BCUT2D eigenvalue weighted by Crippen LogP contribution is -2.20. The molecule has 5 heteroatoms. The van der Waals surface area contributed by atoms with Crippen molar-refractivity contribution in [2.24, 2.45) is 5.73 Å². The fourth-order valence-electron chi connectivity index (χ4n) is 2.53. The molecule has 108 valence electrons. The summed E-state index contributed by atoms with van der Waals surface area (Å²) in [6.45, 7) is 0. The van der Waals surface area contributed by atoms with Crippen molar-refractivity contribution in [3.05, 3.63) is 63.4 Å². The Morgan fingerprint density at radius 3 is 2.76 bits per heavy atom. The first kappa shape index (κ1) is 14.2. The lowest BCUT2D eigenvalue weighted by molar-refractivity contribution is -0.116. The molecule has 3 N–H and O–H groups in total. The second kappa shape index (κ2) is 5.58. The van der Waals surface area contributed by atoms with Gasteiger partial charge >= 0.3 is 0 Å². The van der Waals surface area contributed by atoms with Crippen molar-refractivity contribution in [1.29, 1.82) is 0 Å². The van der Waals surface area contributed by atoms with Gasteiger partial charge < -0.3 is 11.1 Å². The van der Waals surface area contributed by atoms with Crippen molar-refractivity contribution in [1.82, 2.24) is 0 Å². The van der Waals surface area contributed by atoms with Crippen LogP contribution in [-0.2, 0) is 11.2 Å². The predicted octanol–water partition coefficient (Wildman–Crippen LogP) is 3.52. The Labute approximate surface area is 130 Å². The molecule has 0 spiro atoms. The summed E-state index contributed by atoms with van der Waals surface area (Å²) in [5, 5.41) is 2.85. The summed E-state index contributed by atoms with van der Waals surface area (Å²) in [5.74, 6) is -0.258. The van der Waals surface area contributed by atoms with Crippen LogP contribution in [0.25, 0.3) is 0 Å².